The van der Waals surface area contributed by atoms with E-state index in [9.17, 15) is 0 Å². The monoisotopic (exact) mass is 375 g/mol. The first-order valence-electron chi connectivity index (χ1n) is 10.6. The second kappa shape index (κ2) is 7.55. The Hall–Kier alpha value is -2.40. The van der Waals surface area contributed by atoms with Crippen LogP contribution in [0.2, 0.25) is 0 Å². The highest BCUT2D eigenvalue weighted by molar-refractivity contribution is 5.72. The summed E-state index contributed by atoms with van der Waals surface area (Å²) in [6, 6.07) is 13.0. The van der Waals surface area contributed by atoms with E-state index < -0.39 is 0 Å². The summed E-state index contributed by atoms with van der Waals surface area (Å²) in [7, 11) is 0. The van der Waals surface area contributed by atoms with E-state index in [1.54, 1.807) is 0 Å². The standard InChI is InChI=1S/C23H29N5/c1-18-22(27-13-5-6-14-27)23-24-21(11-15-28(23)25-18)20-10-7-12-26(17-20)16-19-8-3-2-4-9-19/h2-4,8-9,11,15,20H,5-7,10,12-14,16-17H2,1H3. The number of likely N-dealkylation sites (tertiary alicyclic amines) is 1. The molecule has 2 aromatic heterocycles. The van der Waals surface area contributed by atoms with Gasteiger partial charge in [0.15, 0.2) is 5.65 Å². The van der Waals surface area contributed by atoms with Gasteiger partial charge in [0.2, 0.25) is 0 Å². The Bertz CT molecular complexity index is 942. The molecule has 0 bridgehead atoms. The third kappa shape index (κ3) is 3.39. The van der Waals surface area contributed by atoms with Gasteiger partial charge in [-0.3, -0.25) is 4.90 Å². The highest BCUT2D eigenvalue weighted by atomic mass is 15.3. The minimum Gasteiger partial charge on any atom is -0.367 e. The van der Waals surface area contributed by atoms with Crippen LogP contribution in [-0.2, 0) is 6.54 Å². The zero-order valence-corrected chi connectivity index (χ0v) is 16.7. The van der Waals surface area contributed by atoms with Crippen LogP contribution in [0.3, 0.4) is 0 Å². The number of hydrogen-bond donors (Lipinski definition) is 0. The van der Waals surface area contributed by atoms with Gasteiger partial charge in [-0.25, -0.2) is 9.50 Å². The predicted octanol–water partition coefficient (Wildman–Crippen LogP) is 4.02. The molecule has 2 aliphatic heterocycles. The number of fused-ring (bicyclic) bond motifs is 1. The van der Waals surface area contributed by atoms with Crippen LogP contribution in [0.1, 0.15) is 48.6 Å². The number of nitrogens with zero attached hydrogens (tertiary/aromatic N) is 5. The number of anilines is 1. The third-order valence-corrected chi connectivity index (χ3v) is 6.25. The fourth-order valence-corrected chi connectivity index (χ4v) is 4.86. The normalized spacial score (nSPS) is 20.9. The third-order valence-electron chi connectivity index (χ3n) is 6.25. The smallest absolute Gasteiger partial charge is 0.179 e. The Labute approximate surface area is 167 Å². The summed E-state index contributed by atoms with van der Waals surface area (Å²) in [6.07, 6.45) is 7.11. The Balaban J connectivity index is 1.40. The van der Waals surface area contributed by atoms with Crippen molar-refractivity contribution < 1.29 is 0 Å². The summed E-state index contributed by atoms with van der Waals surface area (Å²) in [5.41, 5.74) is 6.01. The molecule has 0 saturated carbocycles. The average molecular weight is 376 g/mol. The van der Waals surface area contributed by atoms with Crippen LogP contribution in [0.25, 0.3) is 5.65 Å². The van der Waals surface area contributed by atoms with Gasteiger partial charge in [-0.1, -0.05) is 30.3 Å². The zero-order valence-electron chi connectivity index (χ0n) is 16.7. The van der Waals surface area contributed by atoms with Crippen LogP contribution in [0, 0.1) is 6.92 Å². The van der Waals surface area contributed by atoms with Crippen LogP contribution >= 0.6 is 0 Å². The number of benzene rings is 1. The second-order valence-corrected chi connectivity index (χ2v) is 8.31. The highest BCUT2D eigenvalue weighted by Gasteiger charge is 2.25. The molecule has 0 N–H and O–H groups in total. The van der Waals surface area contributed by atoms with E-state index in [-0.39, 0.29) is 0 Å². The molecule has 1 atom stereocenters. The molecule has 1 aromatic carbocycles. The first kappa shape index (κ1) is 17.7. The van der Waals surface area contributed by atoms with E-state index in [1.807, 2.05) is 4.52 Å². The number of piperidine rings is 1. The van der Waals surface area contributed by atoms with E-state index in [2.05, 4.69) is 59.3 Å². The lowest BCUT2D eigenvalue weighted by Gasteiger charge is -2.32. The Morgan fingerprint density at radius 2 is 1.82 bits per heavy atom. The Kier molecular flexibility index (Phi) is 4.77. The molecule has 5 heteroatoms. The maximum atomic E-state index is 5.14. The molecule has 5 rings (SSSR count). The first-order valence-corrected chi connectivity index (χ1v) is 10.6. The van der Waals surface area contributed by atoms with E-state index in [1.165, 1.54) is 49.2 Å². The van der Waals surface area contributed by atoms with Crippen LogP contribution in [0.15, 0.2) is 42.6 Å². The fourth-order valence-electron chi connectivity index (χ4n) is 4.86. The molecule has 28 heavy (non-hydrogen) atoms. The van der Waals surface area contributed by atoms with Gasteiger partial charge < -0.3 is 4.90 Å². The second-order valence-electron chi connectivity index (χ2n) is 8.31. The summed E-state index contributed by atoms with van der Waals surface area (Å²) in [4.78, 5) is 10.2. The van der Waals surface area contributed by atoms with Gasteiger partial charge in [-0.15, -0.1) is 0 Å². The van der Waals surface area contributed by atoms with Gasteiger partial charge in [0.1, 0.15) is 5.69 Å². The minimum atomic E-state index is 0.504. The van der Waals surface area contributed by atoms with Gasteiger partial charge in [0.05, 0.1) is 5.69 Å². The average Bonchev–Trinajstić information content (AvgIpc) is 3.35. The minimum absolute atomic E-state index is 0.504. The van der Waals surface area contributed by atoms with E-state index in [0.717, 1.165) is 37.5 Å². The van der Waals surface area contributed by atoms with Crippen LogP contribution < -0.4 is 4.90 Å². The van der Waals surface area contributed by atoms with Gasteiger partial charge in [-0.05, 0) is 50.8 Å². The summed E-state index contributed by atoms with van der Waals surface area (Å²) in [5.74, 6) is 0.504. The number of aryl methyl sites for hydroxylation is 1. The summed E-state index contributed by atoms with van der Waals surface area (Å²) < 4.78 is 1.97. The van der Waals surface area contributed by atoms with Crippen molar-refractivity contribution in [3.05, 3.63) is 59.5 Å². The molecule has 0 aliphatic carbocycles. The van der Waals surface area contributed by atoms with Gasteiger partial charge in [0, 0.05) is 44.0 Å². The molecular formula is C23H29N5. The number of aromatic nitrogens is 3. The molecule has 2 aliphatic rings. The number of hydrogen-bond acceptors (Lipinski definition) is 4. The first-order chi connectivity index (χ1) is 13.8. The zero-order chi connectivity index (χ0) is 18.9. The van der Waals surface area contributed by atoms with Gasteiger partial charge >= 0.3 is 0 Å². The highest BCUT2D eigenvalue weighted by Crippen LogP contribution is 2.31. The van der Waals surface area contributed by atoms with Crippen molar-refractivity contribution in [2.45, 2.75) is 45.1 Å². The van der Waals surface area contributed by atoms with Crippen LogP contribution in [0.5, 0.6) is 0 Å². The molecule has 0 radical (unpaired) electrons. The molecular weight excluding hydrogens is 346 g/mol. The Morgan fingerprint density at radius 1 is 1.00 bits per heavy atom. The van der Waals surface area contributed by atoms with Crippen molar-refractivity contribution in [3.63, 3.8) is 0 Å². The van der Waals surface area contributed by atoms with E-state index in [4.69, 9.17) is 10.1 Å². The van der Waals surface area contributed by atoms with Crippen molar-refractivity contribution in [3.8, 4) is 0 Å². The van der Waals surface area contributed by atoms with Crippen molar-refractivity contribution in [2.75, 3.05) is 31.1 Å². The predicted molar refractivity (Wildman–Crippen MR) is 113 cm³/mol. The lowest BCUT2D eigenvalue weighted by Crippen LogP contribution is -2.34. The maximum absolute atomic E-state index is 5.14. The lowest BCUT2D eigenvalue weighted by atomic mass is 9.94. The molecule has 2 fully saturated rings. The SMILES string of the molecule is Cc1nn2ccc(C3CCCN(Cc4ccccc4)C3)nc2c1N1CCCC1. The lowest BCUT2D eigenvalue weighted by molar-refractivity contribution is 0.198. The molecule has 1 unspecified atom stereocenters. The Morgan fingerprint density at radius 3 is 2.64 bits per heavy atom. The molecule has 5 nitrogen and oxygen atoms in total. The van der Waals surface area contributed by atoms with Crippen molar-refractivity contribution >= 4 is 11.3 Å². The molecule has 3 aromatic rings. The van der Waals surface area contributed by atoms with Crippen molar-refractivity contribution in [1.29, 1.82) is 0 Å². The van der Waals surface area contributed by atoms with E-state index in [0.29, 0.717) is 5.92 Å². The summed E-state index contributed by atoms with van der Waals surface area (Å²) in [6.45, 7) is 7.67. The molecule has 4 heterocycles. The topological polar surface area (TPSA) is 36.7 Å². The van der Waals surface area contributed by atoms with Gasteiger partial charge in [-0.2, -0.15) is 5.10 Å². The molecule has 2 saturated heterocycles. The largest absolute Gasteiger partial charge is 0.367 e. The quantitative estimate of drug-likeness (QED) is 0.690. The van der Waals surface area contributed by atoms with Gasteiger partial charge in [0.25, 0.3) is 0 Å². The molecule has 0 spiro atoms. The molecule has 0 amide bonds. The van der Waals surface area contributed by atoms with Crippen LogP contribution in [-0.4, -0.2) is 45.7 Å². The van der Waals surface area contributed by atoms with Crippen molar-refractivity contribution in [1.82, 2.24) is 19.5 Å². The van der Waals surface area contributed by atoms with E-state index >= 15 is 0 Å². The number of rotatable bonds is 4. The summed E-state index contributed by atoms with van der Waals surface area (Å²) in [5, 5.41) is 4.72. The summed E-state index contributed by atoms with van der Waals surface area (Å²) >= 11 is 0. The maximum Gasteiger partial charge on any atom is 0.179 e. The van der Waals surface area contributed by atoms with Crippen molar-refractivity contribution in [2.24, 2.45) is 0 Å². The van der Waals surface area contributed by atoms with Crippen LogP contribution in [0.4, 0.5) is 5.69 Å². The molecule has 146 valence electrons. The fraction of sp³-hybridized carbons (Fsp3) is 0.478.